The van der Waals surface area contributed by atoms with Gasteiger partial charge in [0.25, 0.3) is 10.0 Å². The van der Waals surface area contributed by atoms with Gasteiger partial charge in [-0.3, -0.25) is 0 Å². The fraction of sp³-hybridized carbons (Fsp3) is 0.0667. The molecule has 1 N–H and O–H groups in total. The predicted octanol–water partition coefficient (Wildman–Crippen LogP) is 1.39. The van der Waals surface area contributed by atoms with E-state index in [1.165, 1.54) is 18.2 Å². The molecular formula is C15H12BNO4S2. The van der Waals surface area contributed by atoms with Crippen molar-refractivity contribution in [3.63, 3.8) is 0 Å². The number of nitrogens with zero attached hydrogens (tertiary/aromatic N) is 1. The smallest absolute Gasteiger partial charge is 0.267 e. The van der Waals surface area contributed by atoms with E-state index in [0.29, 0.717) is 16.5 Å². The maximum absolute atomic E-state index is 12.8. The van der Waals surface area contributed by atoms with Crippen molar-refractivity contribution < 1.29 is 17.2 Å². The molecule has 3 rings (SSSR count). The Morgan fingerprint density at radius 1 is 1.09 bits per heavy atom. The van der Waals surface area contributed by atoms with E-state index in [4.69, 9.17) is 12.4 Å². The molecule has 23 heavy (non-hydrogen) atoms. The van der Waals surface area contributed by atoms with Crippen LogP contribution in [0.4, 0.5) is 0 Å². The summed E-state index contributed by atoms with van der Waals surface area (Å²) in [4.78, 5) is 0.125. The molecule has 0 saturated heterocycles. The van der Waals surface area contributed by atoms with Crippen molar-refractivity contribution in [1.29, 1.82) is 0 Å². The third-order valence-corrected chi connectivity index (χ3v) is 5.79. The summed E-state index contributed by atoms with van der Waals surface area (Å²) in [5.74, 6) is -0.0911. The van der Waals surface area contributed by atoms with Crippen LogP contribution in [0, 0.1) is 0 Å². The van der Waals surface area contributed by atoms with E-state index in [-0.39, 0.29) is 16.2 Å². The molecule has 0 amide bonds. The van der Waals surface area contributed by atoms with Gasteiger partial charge in [-0.25, -0.2) is 16.6 Å². The van der Waals surface area contributed by atoms with Crippen LogP contribution in [0.25, 0.3) is 10.9 Å². The molecule has 1 unspecified atom stereocenters. The Hall–Kier alpha value is -1.90. The highest BCUT2D eigenvalue weighted by molar-refractivity contribution is 7.90. The molecule has 1 atom stereocenters. The standard InChI is InChI=1S/C15H12BNO4S2/c16-15-9-13-11(10-22(18)19)5-4-8-14(13)17(15)23(20,21)12-6-2-1-3-7-12/h1-9H,10H2,(H,18,19). The summed E-state index contributed by atoms with van der Waals surface area (Å²) in [7, 11) is 2.08. The average Bonchev–Trinajstić information content (AvgIpc) is 2.85. The van der Waals surface area contributed by atoms with Gasteiger partial charge in [-0.2, -0.15) is 0 Å². The summed E-state index contributed by atoms with van der Waals surface area (Å²) in [6.07, 6.45) is 0. The zero-order valence-electron chi connectivity index (χ0n) is 11.9. The molecule has 116 valence electrons. The number of benzene rings is 2. The largest absolute Gasteiger partial charge is 0.306 e. The summed E-state index contributed by atoms with van der Waals surface area (Å²) in [6.45, 7) is 0. The van der Waals surface area contributed by atoms with Gasteiger partial charge in [0.2, 0.25) is 0 Å². The number of rotatable bonds is 4. The molecule has 0 fully saturated rings. The Morgan fingerprint density at radius 3 is 2.43 bits per heavy atom. The first-order chi connectivity index (χ1) is 10.9. The first-order valence-electron chi connectivity index (χ1n) is 6.68. The van der Waals surface area contributed by atoms with Crippen molar-refractivity contribution in [2.75, 3.05) is 0 Å². The molecule has 0 aliphatic rings. The number of hydrogen-bond acceptors (Lipinski definition) is 3. The zero-order valence-corrected chi connectivity index (χ0v) is 13.5. The molecule has 2 aromatic carbocycles. The molecule has 1 heterocycles. The van der Waals surface area contributed by atoms with Crippen LogP contribution in [0.2, 0.25) is 0 Å². The SMILES string of the molecule is [B]c1cc2c(CS(=O)O)cccc2n1S(=O)(=O)c1ccccc1. The van der Waals surface area contributed by atoms with Crippen LogP contribution in [0.1, 0.15) is 5.56 Å². The Kier molecular flexibility index (Phi) is 4.14. The van der Waals surface area contributed by atoms with Crippen LogP contribution in [0.3, 0.4) is 0 Å². The normalized spacial score (nSPS) is 13.3. The summed E-state index contributed by atoms with van der Waals surface area (Å²) < 4.78 is 46.9. The first kappa shape index (κ1) is 16.0. The lowest BCUT2D eigenvalue weighted by molar-refractivity contribution is 0.563. The lowest BCUT2D eigenvalue weighted by Crippen LogP contribution is -2.24. The Balaban J connectivity index is 2.27. The van der Waals surface area contributed by atoms with Gasteiger partial charge in [0.05, 0.1) is 16.2 Å². The third-order valence-electron chi connectivity index (χ3n) is 3.48. The predicted molar refractivity (Wildman–Crippen MR) is 90.8 cm³/mol. The second-order valence-electron chi connectivity index (χ2n) is 4.97. The van der Waals surface area contributed by atoms with E-state index in [0.717, 1.165) is 3.97 Å². The van der Waals surface area contributed by atoms with Crippen LogP contribution in [-0.4, -0.2) is 29.0 Å². The monoisotopic (exact) mass is 345 g/mol. The van der Waals surface area contributed by atoms with Gasteiger partial charge in [-0.05, 0) is 35.4 Å². The maximum Gasteiger partial charge on any atom is 0.267 e. The van der Waals surface area contributed by atoms with Gasteiger partial charge >= 0.3 is 0 Å². The molecule has 3 aromatic rings. The van der Waals surface area contributed by atoms with Gasteiger partial charge < -0.3 is 4.55 Å². The quantitative estimate of drug-likeness (QED) is 0.573. The van der Waals surface area contributed by atoms with E-state index in [1.54, 1.807) is 36.4 Å². The Bertz CT molecular complexity index is 997. The second kappa shape index (κ2) is 5.95. The molecule has 5 nitrogen and oxygen atoms in total. The van der Waals surface area contributed by atoms with Crippen molar-refractivity contribution in [3.8, 4) is 0 Å². The van der Waals surface area contributed by atoms with Crippen molar-refractivity contribution in [2.45, 2.75) is 10.6 Å². The first-order valence-corrected chi connectivity index (χ1v) is 9.40. The number of hydrogen-bond donors (Lipinski definition) is 1. The average molecular weight is 345 g/mol. The molecular weight excluding hydrogens is 333 g/mol. The molecule has 0 spiro atoms. The van der Waals surface area contributed by atoms with Crippen molar-refractivity contribution in [1.82, 2.24) is 3.97 Å². The van der Waals surface area contributed by atoms with Gasteiger partial charge in [-0.15, -0.1) is 0 Å². The van der Waals surface area contributed by atoms with E-state index in [1.807, 2.05) is 0 Å². The highest BCUT2D eigenvalue weighted by Gasteiger charge is 2.21. The molecule has 2 radical (unpaired) electrons. The molecule has 0 aliphatic heterocycles. The molecule has 1 aromatic heterocycles. The van der Waals surface area contributed by atoms with Gasteiger partial charge in [0, 0.05) is 5.39 Å². The number of aromatic nitrogens is 1. The van der Waals surface area contributed by atoms with Gasteiger partial charge in [0.15, 0.2) is 11.1 Å². The molecule has 8 heteroatoms. The third kappa shape index (κ3) is 2.85. The topological polar surface area (TPSA) is 76.4 Å². The van der Waals surface area contributed by atoms with E-state index in [2.05, 4.69) is 0 Å². The van der Waals surface area contributed by atoms with Crippen molar-refractivity contribution >= 4 is 45.4 Å². The van der Waals surface area contributed by atoms with Crippen LogP contribution < -0.4 is 5.59 Å². The summed E-state index contributed by atoms with van der Waals surface area (Å²) in [6, 6.07) is 14.4. The Labute approximate surface area is 137 Å². The van der Waals surface area contributed by atoms with Crippen molar-refractivity contribution in [3.05, 3.63) is 60.2 Å². The van der Waals surface area contributed by atoms with Gasteiger partial charge in [-0.1, -0.05) is 30.3 Å². The summed E-state index contributed by atoms with van der Waals surface area (Å²) in [5.41, 5.74) is 1.01. The molecule has 0 bridgehead atoms. The zero-order chi connectivity index (χ0) is 16.6. The molecule has 0 saturated carbocycles. The fourth-order valence-corrected chi connectivity index (χ4v) is 4.49. The second-order valence-corrected chi connectivity index (χ2v) is 7.69. The van der Waals surface area contributed by atoms with E-state index >= 15 is 0 Å². The van der Waals surface area contributed by atoms with Crippen LogP contribution >= 0.6 is 0 Å². The van der Waals surface area contributed by atoms with Crippen LogP contribution in [0.15, 0.2) is 59.5 Å². The minimum absolute atomic E-state index is 0.0556. The van der Waals surface area contributed by atoms with Crippen LogP contribution in [0.5, 0.6) is 0 Å². The van der Waals surface area contributed by atoms with Gasteiger partial charge in [0.1, 0.15) is 7.85 Å². The highest BCUT2D eigenvalue weighted by atomic mass is 32.2. The van der Waals surface area contributed by atoms with Crippen LogP contribution in [-0.2, 0) is 26.9 Å². The minimum atomic E-state index is -3.84. The molecule has 0 aliphatic carbocycles. The minimum Gasteiger partial charge on any atom is -0.306 e. The highest BCUT2D eigenvalue weighted by Crippen LogP contribution is 2.24. The van der Waals surface area contributed by atoms with E-state index in [9.17, 15) is 12.6 Å². The lowest BCUT2D eigenvalue weighted by Gasteiger charge is -2.10. The number of fused-ring (bicyclic) bond motifs is 1. The maximum atomic E-state index is 12.8. The summed E-state index contributed by atoms with van der Waals surface area (Å²) >= 11 is -2.03. The fourth-order valence-electron chi connectivity index (χ4n) is 2.51. The Morgan fingerprint density at radius 2 is 1.78 bits per heavy atom. The van der Waals surface area contributed by atoms with E-state index < -0.39 is 21.1 Å². The lowest BCUT2D eigenvalue weighted by atomic mass is 10.0. The van der Waals surface area contributed by atoms with Crippen molar-refractivity contribution in [2.24, 2.45) is 0 Å². The summed E-state index contributed by atoms with van der Waals surface area (Å²) in [5, 5.41) is 0.548.